The Hall–Kier alpha value is -1.19. The number of rotatable bonds is 2. The lowest BCUT2D eigenvalue weighted by molar-refractivity contribution is -0.263. The maximum Gasteiger partial charge on any atom is 0.194 e. The Kier molecular flexibility index (Phi) is 2.38. The topological polar surface area (TPSA) is 35.5 Å². The Morgan fingerprint density at radius 3 is 2.69 bits per heavy atom. The van der Waals surface area contributed by atoms with Crippen molar-refractivity contribution in [2.45, 2.75) is 12.5 Å². The van der Waals surface area contributed by atoms with E-state index in [2.05, 4.69) is 4.89 Å². The number of hydrogen-bond acceptors (Lipinski definition) is 3. The van der Waals surface area contributed by atoms with Gasteiger partial charge in [0, 0.05) is 12.0 Å². The van der Waals surface area contributed by atoms with Crippen LogP contribution in [0.15, 0.2) is 30.3 Å². The molecule has 1 saturated heterocycles. The van der Waals surface area contributed by atoms with Gasteiger partial charge in [0.2, 0.25) is 0 Å². The van der Waals surface area contributed by atoms with Crippen LogP contribution >= 0.6 is 0 Å². The molecule has 13 heavy (non-hydrogen) atoms. The Morgan fingerprint density at radius 1 is 1.31 bits per heavy atom. The number of Topliss-reactive ketones (excluding diaryl/α,β-unsaturated/α-hetero) is 1. The minimum absolute atomic E-state index is 0.00176. The lowest BCUT2D eigenvalue weighted by Gasteiger charge is -2.04. The molecule has 0 amide bonds. The van der Waals surface area contributed by atoms with Crippen molar-refractivity contribution >= 4 is 5.78 Å². The van der Waals surface area contributed by atoms with Crippen LogP contribution < -0.4 is 0 Å². The normalized spacial score (nSPS) is 21.7. The van der Waals surface area contributed by atoms with E-state index in [4.69, 9.17) is 4.89 Å². The quantitative estimate of drug-likeness (QED) is 0.509. The lowest BCUT2D eigenvalue weighted by atomic mass is 10.1. The summed E-state index contributed by atoms with van der Waals surface area (Å²) < 4.78 is 0. The summed E-state index contributed by atoms with van der Waals surface area (Å²) in [6.07, 6.45) is 0.232. The highest BCUT2D eigenvalue weighted by atomic mass is 17.2. The Morgan fingerprint density at radius 2 is 2.08 bits per heavy atom. The Balaban J connectivity index is 2.13. The summed E-state index contributed by atoms with van der Waals surface area (Å²) in [6.45, 7) is 0.503. The average Bonchev–Trinajstić information content (AvgIpc) is 2.71. The summed E-state index contributed by atoms with van der Waals surface area (Å²) in [5.41, 5.74) is 0.679. The van der Waals surface area contributed by atoms with Crippen LogP contribution in [0.1, 0.15) is 16.8 Å². The van der Waals surface area contributed by atoms with Gasteiger partial charge in [0.1, 0.15) is 0 Å². The van der Waals surface area contributed by atoms with Gasteiger partial charge >= 0.3 is 0 Å². The van der Waals surface area contributed by atoms with E-state index in [-0.39, 0.29) is 5.78 Å². The highest BCUT2D eigenvalue weighted by Crippen LogP contribution is 2.14. The van der Waals surface area contributed by atoms with Crippen molar-refractivity contribution in [2.24, 2.45) is 0 Å². The molecule has 1 aromatic rings. The molecule has 1 unspecified atom stereocenters. The van der Waals surface area contributed by atoms with E-state index in [1.165, 1.54) is 0 Å². The third kappa shape index (κ3) is 1.76. The molecule has 0 aliphatic carbocycles. The van der Waals surface area contributed by atoms with E-state index in [0.717, 1.165) is 0 Å². The second kappa shape index (κ2) is 3.68. The zero-order chi connectivity index (χ0) is 9.10. The minimum Gasteiger partial charge on any atom is -0.291 e. The molecule has 1 heterocycles. The second-order valence-corrected chi connectivity index (χ2v) is 2.93. The van der Waals surface area contributed by atoms with E-state index in [0.29, 0.717) is 18.6 Å². The van der Waals surface area contributed by atoms with Crippen LogP contribution in [0, 0.1) is 0 Å². The van der Waals surface area contributed by atoms with Gasteiger partial charge in [-0.1, -0.05) is 30.3 Å². The first-order valence-electron chi connectivity index (χ1n) is 4.25. The predicted molar refractivity (Wildman–Crippen MR) is 46.2 cm³/mol. The third-order valence-electron chi connectivity index (χ3n) is 2.00. The van der Waals surface area contributed by atoms with Crippen molar-refractivity contribution in [3.63, 3.8) is 0 Å². The predicted octanol–water partition coefficient (Wildman–Crippen LogP) is 1.59. The van der Waals surface area contributed by atoms with E-state index in [1.54, 1.807) is 12.1 Å². The van der Waals surface area contributed by atoms with Crippen LogP contribution in [0.5, 0.6) is 0 Å². The molecule has 0 spiro atoms. The fourth-order valence-corrected chi connectivity index (χ4v) is 1.30. The summed E-state index contributed by atoms with van der Waals surface area (Å²) in [4.78, 5) is 21.1. The first-order chi connectivity index (χ1) is 6.38. The summed E-state index contributed by atoms with van der Waals surface area (Å²) in [6, 6.07) is 9.11. The minimum atomic E-state index is -0.414. The van der Waals surface area contributed by atoms with Crippen molar-refractivity contribution in [3.05, 3.63) is 35.9 Å². The molecule has 1 fully saturated rings. The van der Waals surface area contributed by atoms with Gasteiger partial charge in [-0.25, -0.2) is 9.78 Å². The first kappa shape index (κ1) is 8.41. The summed E-state index contributed by atoms with van der Waals surface area (Å²) in [7, 11) is 0. The van der Waals surface area contributed by atoms with Gasteiger partial charge in [-0.05, 0) is 0 Å². The van der Waals surface area contributed by atoms with Gasteiger partial charge < -0.3 is 0 Å². The molecule has 3 heteroatoms. The molecule has 3 nitrogen and oxygen atoms in total. The van der Waals surface area contributed by atoms with E-state index in [1.807, 2.05) is 18.2 Å². The second-order valence-electron chi connectivity index (χ2n) is 2.93. The number of ketones is 1. The van der Waals surface area contributed by atoms with Gasteiger partial charge in [-0.2, -0.15) is 0 Å². The van der Waals surface area contributed by atoms with E-state index >= 15 is 0 Å². The Bertz CT molecular complexity index is 288. The zero-order valence-electron chi connectivity index (χ0n) is 7.10. The first-order valence-corrected chi connectivity index (χ1v) is 4.25. The standard InChI is InChI=1S/C10H10O3/c11-10(9-6-7-12-13-9)8-4-2-1-3-5-8/h1-5,9H,6-7H2. The molecule has 68 valence electrons. The summed E-state index contributed by atoms with van der Waals surface area (Å²) in [5, 5.41) is 0. The number of benzene rings is 1. The summed E-state index contributed by atoms with van der Waals surface area (Å²) >= 11 is 0. The molecular weight excluding hydrogens is 168 g/mol. The van der Waals surface area contributed by atoms with Crippen molar-refractivity contribution in [1.29, 1.82) is 0 Å². The zero-order valence-corrected chi connectivity index (χ0v) is 7.10. The molecule has 0 bridgehead atoms. The van der Waals surface area contributed by atoms with Crippen LogP contribution in [0.25, 0.3) is 0 Å². The fraction of sp³-hybridized carbons (Fsp3) is 0.300. The number of carbonyl (C=O) groups is 1. The van der Waals surface area contributed by atoms with Gasteiger partial charge in [-0.3, -0.25) is 4.79 Å². The number of hydrogen-bond donors (Lipinski definition) is 0. The fourth-order valence-electron chi connectivity index (χ4n) is 1.30. The van der Waals surface area contributed by atoms with Gasteiger partial charge in [-0.15, -0.1) is 0 Å². The molecule has 1 aromatic carbocycles. The van der Waals surface area contributed by atoms with Crippen LogP contribution in [0.2, 0.25) is 0 Å². The van der Waals surface area contributed by atoms with Gasteiger partial charge in [0.25, 0.3) is 0 Å². The highest BCUT2D eigenvalue weighted by Gasteiger charge is 2.26. The monoisotopic (exact) mass is 178 g/mol. The Labute approximate surface area is 76.2 Å². The number of carbonyl (C=O) groups excluding carboxylic acids is 1. The maximum absolute atomic E-state index is 11.6. The average molecular weight is 178 g/mol. The molecule has 0 N–H and O–H groups in total. The molecule has 0 saturated carbocycles. The van der Waals surface area contributed by atoms with E-state index in [9.17, 15) is 4.79 Å². The van der Waals surface area contributed by atoms with Crippen LogP contribution in [-0.2, 0) is 9.78 Å². The molecule has 0 radical (unpaired) electrons. The molecule has 0 aromatic heterocycles. The van der Waals surface area contributed by atoms with Crippen LogP contribution in [0.3, 0.4) is 0 Å². The van der Waals surface area contributed by atoms with Gasteiger partial charge in [0.15, 0.2) is 11.9 Å². The third-order valence-corrected chi connectivity index (χ3v) is 2.00. The van der Waals surface area contributed by atoms with Crippen molar-refractivity contribution in [2.75, 3.05) is 6.61 Å². The lowest BCUT2D eigenvalue weighted by Crippen LogP contribution is -2.19. The van der Waals surface area contributed by atoms with E-state index < -0.39 is 6.10 Å². The molecule has 1 atom stereocenters. The van der Waals surface area contributed by atoms with Crippen LogP contribution in [-0.4, -0.2) is 18.5 Å². The largest absolute Gasteiger partial charge is 0.291 e. The smallest absolute Gasteiger partial charge is 0.194 e. The SMILES string of the molecule is O=C(c1ccccc1)C1CCOO1. The molecule has 1 aliphatic rings. The molecule has 2 rings (SSSR count). The van der Waals surface area contributed by atoms with Gasteiger partial charge in [0.05, 0.1) is 6.61 Å². The van der Waals surface area contributed by atoms with Crippen molar-refractivity contribution in [1.82, 2.24) is 0 Å². The molecule has 1 aliphatic heterocycles. The van der Waals surface area contributed by atoms with Crippen molar-refractivity contribution < 1.29 is 14.6 Å². The molecular formula is C10H10O3. The van der Waals surface area contributed by atoms with Crippen LogP contribution in [0.4, 0.5) is 0 Å². The van der Waals surface area contributed by atoms with Crippen molar-refractivity contribution in [3.8, 4) is 0 Å². The highest BCUT2D eigenvalue weighted by molar-refractivity contribution is 5.99. The maximum atomic E-state index is 11.6. The summed E-state index contributed by atoms with van der Waals surface area (Å²) in [5.74, 6) is -0.00176.